The first-order chi connectivity index (χ1) is 16.9. The summed E-state index contributed by atoms with van der Waals surface area (Å²) >= 11 is 0. The van der Waals surface area contributed by atoms with E-state index in [2.05, 4.69) is 0 Å². The maximum absolute atomic E-state index is 12.2. The topological polar surface area (TPSA) is 484 Å². The summed E-state index contributed by atoms with van der Waals surface area (Å²) in [5.74, 6) is 0. The number of rotatable bonds is 15. The summed E-state index contributed by atoms with van der Waals surface area (Å²) in [7, 11) is -53.3. The smallest absolute Gasteiger partial charge is 0.323 e. The van der Waals surface area contributed by atoms with Gasteiger partial charge in [0.25, 0.3) is 0 Å². The molecule has 0 atom stereocenters. The fourth-order valence-corrected chi connectivity index (χ4v) is 13.9. The molecule has 0 unspecified atom stereocenters. The Morgan fingerprint density at radius 1 is 0.375 bits per heavy atom. The van der Waals surface area contributed by atoms with Crippen molar-refractivity contribution in [1.82, 2.24) is 10.6 Å². The molecule has 0 spiro atoms. The Balaban J connectivity index is 7.73. The van der Waals surface area contributed by atoms with Gasteiger partial charge in [-0.25, -0.2) is 0 Å². The van der Waals surface area contributed by atoms with Crippen molar-refractivity contribution in [2.24, 2.45) is 0 Å². The quantitative estimate of drug-likeness (QED) is 0.0713. The lowest BCUT2D eigenvalue weighted by Gasteiger charge is -2.42. The minimum atomic E-state index is -6.91. The van der Waals surface area contributed by atoms with Crippen molar-refractivity contribution in [3.63, 3.8) is 0 Å². The summed E-state index contributed by atoms with van der Waals surface area (Å²) in [5.41, 5.74) is -7.85. The molecule has 242 valence electrons. The van der Waals surface area contributed by atoms with Crippen LogP contribution >= 0.6 is 60.8 Å². The molecule has 18 N–H and O–H groups in total. The maximum atomic E-state index is 12.2. The van der Waals surface area contributed by atoms with E-state index in [0.717, 1.165) is 0 Å². The van der Waals surface area contributed by atoms with E-state index in [4.69, 9.17) is 0 Å². The second kappa shape index (κ2) is 12.1. The largest absolute Gasteiger partial charge is 0.357 e. The zero-order valence-electron chi connectivity index (χ0n) is 18.6. The highest BCUT2D eigenvalue weighted by Gasteiger charge is 2.69. The Labute approximate surface area is 220 Å². The van der Waals surface area contributed by atoms with Crippen LogP contribution in [-0.2, 0) is 36.5 Å². The Hall–Kier alpha value is 1.12. The highest BCUT2D eigenvalue weighted by atomic mass is 31.3. The molecule has 0 fully saturated rings. The van der Waals surface area contributed by atoms with E-state index in [9.17, 15) is 115 Å². The molecule has 0 heterocycles. The molecule has 0 aromatic heterocycles. The third kappa shape index (κ3) is 9.31. The molecule has 26 nitrogen and oxygen atoms in total. The van der Waals surface area contributed by atoms with Gasteiger partial charge in [-0.3, -0.25) is 47.2 Å². The van der Waals surface area contributed by atoms with Crippen LogP contribution in [0.4, 0.5) is 0 Å². The van der Waals surface area contributed by atoms with E-state index in [-0.39, 0.29) is 0 Å². The minimum Gasteiger partial charge on any atom is -0.323 e. The molecule has 0 bridgehead atoms. The van der Waals surface area contributed by atoms with E-state index in [1.807, 2.05) is 0 Å². The molecule has 0 aliphatic heterocycles. The summed E-state index contributed by atoms with van der Waals surface area (Å²) in [4.78, 5) is 151. The molecule has 0 rings (SSSR count). The Kier molecular flexibility index (Phi) is 12.5. The monoisotopic (exact) mass is 756 g/mol. The summed E-state index contributed by atoms with van der Waals surface area (Å²) in [5, 5.41) is -8.38. The molecule has 34 heteroatoms. The van der Waals surface area contributed by atoms with Gasteiger partial charge >= 0.3 is 60.8 Å². The van der Waals surface area contributed by atoms with Gasteiger partial charge in [0.05, 0.1) is 0 Å². The lowest BCUT2D eigenvalue weighted by atomic mass is 10.3. The van der Waals surface area contributed by atoms with Crippen molar-refractivity contribution < 1.29 is 115 Å². The van der Waals surface area contributed by atoms with Crippen LogP contribution in [0, 0.1) is 0 Å². The zero-order chi connectivity index (χ0) is 33.0. The molecule has 0 aliphatic rings. The SMILES string of the molecule is O=P(O)(O)C(NC(CCC(NC(P(=O)(O)O)P(=O)(O)O)(P(=O)(O)O)P(=O)(O)O)(P(=O)(O)O)P(=O)(O)O)P(=O)(O)O. The first-order valence-electron chi connectivity index (χ1n) is 8.87. The van der Waals surface area contributed by atoms with Crippen molar-refractivity contribution >= 4 is 60.8 Å². The van der Waals surface area contributed by atoms with E-state index >= 15 is 0 Å². The third-order valence-corrected chi connectivity index (χ3v) is 19.8. The molecule has 0 aliphatic carbocycles. The first kappa shape index (κ1) is 41.1. The predicted octanol–water partition coefficient (Wildman–Crippen LogP) is -3.76. The molecular weight excluding hydrogens is 732 g/mol. The van der Waals surface area contributed by atoms with E-state index < -0.39 is 94.7 Å². The van der Waals surface area contributed by atoms with Gasteiger partial charge in [0.2, 0.25) is 21.1 Å². The average Bonchev–Trinajstić information content (AvgIpc) is 2.54. The summed E-state index contributed by atoms with van der Waals surface area (Å²) in [6.45, 7) is 0. The van der Waals surface area contributed by atoms with E-state index in [0.29, 0.717) is 10.6 Å². The van der Waals surface area contributed by atoms with Gasteiger partial charge in [0, 0.05) is 0 Å². The fourth-order valence-electron chi connectivity index (χ4n) is 2.89. The lowest BCUT2D eigenvalue weighted by molar-refractivity contribution is 0.239. The molecule has 0 radical (unpaired) electrons. The van der Waals surface area contributed by atoms with Crippen LogP contribution < -0.4 is 10.6 Å². The normalized spacial score (nSPS) is 16.1. The van der Waals surface area contributed by atoms with Gasteiger partial charge in [-0.2, -0.15) is 0 Å². The summed E-state index contributed by atoms with van der Waals surface area (Å²) in [6, 6.07) is 0. The second-order valence-corrected chi connectivity index (χ2v) is 23.4. The van der Waals surface area contributed by atoms with Crippen LogP contribution in [0.1, 0.15) is 12.8 Å². The van der Waals surface area contributed by atoms with Crippen LogP contribution in [0.3, 0.4) is 0 Å². The number of nitrogens with one attached hydrogen (secondary N) is 2. The van der Waals surface area contributed by atoms with Crippen LogP contribution in [0.15, 0.2) is 0 Å². The Morgan fingerprint density at radius 3 is 0.625 bits per heavy atom. The lowest BCUT2D eigenvalue weighted by Crippen LogP contribution is -2.54. The third-order valence-electron chi connectivity index (χ3n) is 4.74. The number of hydrogen-bond donors (Lipinski definition) is 18. The van der Waals surface area contributed by atoms with Crippen LogP contribution in [0.2, 0.25) is 0 Å². The van der Waals surface area contributed by atoms with Crippen molar-refractivity contribution in [2.45, 2.75) is 33.9 Å². The van der Waals surface area contributed by atoms with Crippen molar-refractivity contribution in [1.29, 1.82) is 0 Å². The highest BCUT2D eigenvalue weighted by molar-refractivity contribution is 7.74. The minimum absolute atomic E-state index is 0.623. The molecular formula is C6H24N2O24P8. The maximum Gasteiger partial charge on any atom is 0.357 e. The Morgan fingerprint density at radius 2 is 0.525 bits per heavy atom. The van der Waals surface area contributed by atoms with E-state index in [1.165, 1.54) is 0 Å². The zero-order valence-corrected chi connectivity index (χ0v) is 25.7. The van der Waals surface area contributed by atoms with Crippen molar-refractivity contribution in [2.75, 3.05) is 0 Å². The van der Waals surface area contributed by atoms with Gasteiger partial charge in [0.15, 0.2) is 0 Å². The summed E-state index contributed by atoms with van der Waals surface area (Å²) in [6.07, 6.45) is -5.20. The standard InChI is InChI=1S/C6H24N2O24P8/c9-33(10,11)3(34(12,13)14)7-5(37(21,22)23,38(24,25)26)1-2-6(39(27,28)29,40(30,31)32)8-4(35(15,16)17)36(18,19)20/h3-4,7-8H,1-2H2,(H2,9,10,11)(H2,12,13,14)(H2,15,16,17)(H2,18,19,20)(H2,21,22,23)(H2,24,25,26)(H2,27,28,29)(H2,30,31,32). The Bertz CT molecular complexity index is 1130. The summed E-state index contributed by atoms with van der Waals surface area (Å²) < 4.78 is 95.3. The van der Waals surface area contributed by atoms with Crippen molar-refractivity contribution in [3.05, 3.63) is 0 Å². The molecule has 0 saturated carbocycles. The van der Waals surface area contributed by atoms with E-state index in [1.54, 1.807) is 0 Å². The van der Waals surface area contributed by atoms with Gasteiger partial charge in [-0.05, 0) is 12.8 Å². The first-order valence-corrected chi connectivity index (χ1v) is 22.0. The molecule has 0 saturated heterocycles. The molecule has 0 aromatic carbocycles. The van der Waals surface area contributed by atoms with Gasteiger partial charge in [-0.1, -0.05) is 0 Å². The fraction of sp³-hybridized carbons (Fsp3) is 1.00. The molecule has 40 heavy (non-hydrogen) atoms. The molecule has 0 amide bonds. The van der Waals surface area contributed by atoms with Crippen LogP contribution in [0.25, 0.3) is 0 Å². The molecule has 0 aromatic rings. The van der Waals surface area contributed by atoms with Crippen LogP contribution in [0.5, 0.6) is 0 Å². The highest BCUT2D eigenvalue weighted by Crippen LogP contribution is 2.76. The number of hydrogen-bond acceptors (Lipinski definition) is 10. The van der Waals surface area contributed by atoms with Crippen LogP contribution in [-0.4, -0.2) is 99.4 Å². The predicted molar refractivity (Wildman–Crippen MR) is 125 cm³/mol. The average molecular weight is 756 g/mol. The van der Waals surface area contributed by atoms with Gasteiger partial charge in [0.1, 0.15) is 0 Å². The van der Waals surface area contributed by atoms with Gasteiger partial charge in [-0.15, -0.1) is 0 Å². The second-order valence-electron chi connectivity index (χ2n) is 7.70. The van der Waals surface area contributed by atoms with Crippen molar-refractivity contribution in [3.8, 4) is 0 Å². The van der Waals surface area contributed by atoms with Gasteiger partial charge < -0.3 is 78.3 Å².